The first-order valence-corrected chi connectivity index (χ1v) is 7.48. The van der Waals surface area contributed by atoms with Crippen LogP contribution >= 0.6 is 0 Å². The minimum atomic E-state index is 0.153. The van der Waals surface area contributed by atoms with Gasteiger partial charge in [-0.25, -0.2) is 0 Å². The molecule has 3 heteroatoms. The molecule has 1 aliphatic heterocycles. The summed E-state index contributed by atoms with van der Waals surface area (Å²) < 4.78 is 5.77. The molecule has 19 heavy (non-hydrogen) atoms. The maximum absolute atomic E-state index is 6.53. The molecular formula is C16H24N2O. The molecule has 3 atom stereocenters. The van der Waals surface area contributed by atoms with Gasteiger partial charge in [0.15, 0.2) is 0 Å². The van der Waals surface area contributed by atoms with Gasteiger partial charge in [-0.2, -0.15) is 0 Å². The van der Waals surface area contributed by atoms with Crippen molar-refractivity contribution in [2.75, 3.05) is 19.7 Å². The molecule has 2 aliphatic rings. The minimum absolute atomic E-state index is 0.153. The van der Waals surface area contributed by atoms with Crippen molar-refractivity contribution in [1.29, 1.82) is 0 Å². The van der Waals surface area contributed by atoms with Crippen LogP contribution in [0.3, 0.4) is 0 Å². The zero-order chi connectivity index (χ0) is 13.2. The summed E-state index contributed by atoms with van der Waals surface area (Å²) in [6.45, 7) is 5.11. The zero-order valence-electron chi connectivity index (χ0n) is 11.7. The highest BCUT2D eigenvalue weighted by Gasteiger charge is 2.33. The molecule has 3 rings (SSSR count). The molecule has 3 unspecified atom stereocenters. The van der Waals surface area contributed by atoms with Gasteiger partial charge >= 0.3 is 0 Å². The van der Waals surface area contributed by atoms with Crippen LogP contribution in [0.25, 0.3) is 0 Å². The van der Waals surface area contributed by atoms with Crippen LogP contribution < -0.4 is 5.73 Å². The maximum atomic E-state index is 6.53. The Bertz CT molecular complexity index is 435. The Balaban J connectivity index is 1.76. The molecule has 0 radical (unpaired) electrons. The number of benzene rings is 1. The third-order valence-corrected chi connectivity index (χ3v) is 4.63. The first-order valence-electron chi connectivity index (χ1n) is 7.48. The third-order valence-electron chi connectivity index (χ3n) is 4.63. The van der Waals surface area contributed by atoms with Crippen LogP contribution in [0.15, 0.2) is 24.3 Å². The molecule has 1 aromatic carbocycles. The standard InChI is InChI=1S/C16H24N2O/c1-2-13-11-18(9-10-19-13)15-8-7-12-5-3-4-6-14(12)16(15)17/h3-6,13,15-16H,2,7-11,17H2,1H3. The monoisotopic (exact) mass is 260 g/mol. The lowest BCUT2D eigenvalue weighted by Gasteiger charge is -2.43. The molecule has 1 fully saturated rings. The Kier molecular flexibility index (Phi) is 3.87. The van der Waals surface area contributed by atoms with Crippen molar-refractivity contribution in [3.8, 4) is 0 Å². The summed E-state index contributed by atoms with van der Waals surface area (Å²) in [5.41, 5.74) is 9.31. The molecule has 1 aliphatic carbocycles. The third kappa shape index (κ3) is 2.55. The van der Waals surface area contributed by atoms with Gasteiger partial charge < -0.3 is 10.5 Å². The average Bonchev–Trinajstić information content (AvgIpc) is 2.48. The van der Waals surface area contributed by atoms with Gasteiger partial charge in [-0.05, 0) is 30.4 Å². The Labute approximate surface area is 115 Å². The highest BCUT2D eigenvalue weighted by atomic mass is 16.5. The summed E-state index contributed by atoms with van der Waals surface area (Å²) in [5.74, 6) is 0. The van der Waals surface area contributed by atoms with E-state index in [9.17, 15) is 0 Å². The summed E-state index contributed by atoms with van der Waals surface area (Å²) in [5, 5.41) is 0. The first-order chi connectivity index (χ1) is 9.29. The van der Waals surface area contributed by atoms with Crippen molar-refractivity contribution in [1.82, 2.24) is 4.90 Å². The molecule has 104 valence electrons. The van der Waals surface area contributed by atoms with E-state index < -0.39 is 0 Å². The number of nitrogens with zero attached hydrogens (tertiary/aromatic N) is 1. The molecule has 0 spiro atoms. The van der Waals surface area contributed by atoms with E-state index in [0.717, 1.165) is 32.5 Å². The lowest BCUT2D eigenvalue weighted by Crippen LogP contribution is -2.52. The molecule has 1 aromatic rings. The zero-order valence-corrected chi connectivity index (χ0v) is 11.7. The van der Waals surface area contributed by atoms with Gasteiger partial charge in [-0.3, -0.25) is 4.90 Å². The van der Waals surface area contributed by atoms with Crippen LogP contribution in [0, 0.1) is 0 Å². The van der Waals surface area contributed by atoms with Gasteiger partial charge in [0.05, 0.1) is 12.7 Å². The van der Waals surface area contributed by atoms with E-state index in [1.165, 1.54) is 17.5 Å². The Morgan fingerprint density at radius 3 is 3.05 bits per heavy atom. The van der Waals surface area contributed by atoms with Crippen molar-refractivity contribution in [2.45, 2.75) is 44.4 Å². The van der Waals surface area contributed by atoms with E-state index in [1.54, 1.807) is 0 Å². The maximum Gasteiger partial charge on any atom is 0.0700 e. The van der Waals surface area contributed by atoms with E-state index in [1.807, 2.05) is 0 Å². The molecule has 2 N–H and O–H groups in total. The van der Waals surface area contributed by atoms with Gasteiger partial charge in [0, 0.05) is 25.2 Å². The largest absolute Gasteiger partial charge is 0.376 e. The van der Waals surface area contributed by atoms with Crippen LogP contribution in [0.2, 0.25) is 0 Å². The smallest absolute Gasteiger partial charge is 0.0700 e. The molecule has 0 amide bonds. The van der Waals surface area contributed by atoms with Gasteiger partial charge in [0.25, 0.3) is 0 Å². The second-order valence-electron chi connectivity index (χ2n) is 5.73. The number of hydrogen-bond acceptors (Lipinski definition) is 3. The Morgan fingerprint density at radius 2 is 2.21 bits per heavy atom. The number of rotatable bonds is 2. The van der Waals surface area contributed by atoms with Gasteiger partial charge in [-0.15, -0.1) is 0 Å². The number of aryl methyl sites for hydroxylation is 1. The highest BCUT2D eigenvalue weighted by Crippen LogP contribution is 2.32. The Morgan fingerprint density at radius 1 is 1.37 bits per heavy atom. The van der Waals surface area contributed by atoms with E-state index in [4.69, 9.17) is 10.5 Å². The number of nitrogens with two attached hydrogens (primary N) is 1. The molecule has 3 nitrogen and oxygen atoms in total. The van der Waals surface area contributed by atoms with Gasteiger partial charge in [0.2, 0.25) is 0 Å². The number of hydrogen-bond donors (Lipinski definition) is 1. The predicted molar refractivity (Wildman–Crippen MR) is 77.1 cm³/mol. The molecule has 0 saturated carbocycles. The van der Waals surface area contributed by atoms with Gasteiger partial charge in [-0.1, -0.05) is 31.2 Å². The fraction of sp³-hybridized carbons (Fsp3) is 0.625. The SMILES string of the molecule is CCC1CN(C2CCc3ccccc3C2N)CCO1. The quantitative estimate of drug-likeness (QED) is 0.885. The fourth-order valence-electron chi connectivity index (χ4n) is 3.48. The van der Waals surface area contributed by atoms with E-state index in [0.29, 0.717) is 12.1 Å². The number of morpholine rings is 1. The summed E-state index contributed by atoms with van der Waals surface area (Å²) in [6.07, 6.45) is 3.81. The van der Waals surface area contributed by atoms with Crippen molar-refractivity contribution < 1.29 is 4.74 Å². The van der Waals surface area contributed by atoms with E-state index >= 15 is 0 Å². The van der Waals surface area contributed by atoms with Crippen molar-refractivity contribution in [2.24, 2.45) is 5.73 Å². The second-order valence-corrected chi connectivity index (χ2v) is 5.73. The minimum Gasteiger partial charge on any atom is -0.376 e. The van der Waals surface area contributed by atoms with Gasteiger partial charge in [0.1, 0.15) is 0 Å². The highest BCUT2D eigenvalue weighted by molar-refractivity contribution is 5.33. The lowest BCUT2D eigenvalue weighted by molar-refractivity contribution is -0.0500. The molecule has 0 bridgehead atoms. The summed E-state index contributed by atoms with van der Waals surface area (Å²) in [7, 11) is 0. The van der Waals surface area contributed by atoms with Crippen LogP contribution in [-0.2, 0) is 11.2 Å². The van der Waals surface area contributed by atoms with Crippen LogP contribution in [-0.4, -0.2) is 36.7 Å². The second kappa shape index (κ2) is 5.61. The lowest BCUT2D eigenvalue weighted by atomic mass is 9.83. The van der Waals surface area contributed by atoms with Crippen molar-refractivity contribution in [3.05, 3.63) is 35.4 Å². The molecule has 1 saturated heterocycles. The van der Waals surface area contributed by atoms with E-state index in [-0.39, 0.29) is 6.04 Å². The van der Waals surface area contributed by atoms with Crippen LogP contribution in [0.1, 0.15) is 36.9 Å². The molecular weight excluding hydrogens is 236 g/mol. The van der Waals surface area contributed by atoms with Crippen LogP contribution in [0.5, 0.6) is 0 Å². The fourth-order valence-corrected chi connectivity index (χ4v) is 3.48. The topological polar surface area (TPSA) is 38.5 Å². The van der Waals surface area contributed by atoms with E-state index in [2.05, 4.69) is 36.1 Å². The molecule has 0 aromatic heterocycles. The van der Waals surface area contributed by atoms with Crippen LogP contribution in [0.4, 0.5) is 0 Å². The average molecular weight is 260 g/mol. The predicted octanol–water partition coefficient (Wildman–Crippen LogP) is 2.11. The van der Waals surface area contributed by atoms with Crippen molar-refractivity contribution >= 4 is 0 Å². The first kappa shape index (κ1) is 13.1. The number of fused-ring (bicyclic) bond motifs is 1. The summed E-state index contributed by atoms with van der Waals surface area (Å²) >= 11 is 0. The summed E-state index contributed by atoms with van der Waals surface area (Å²) in [4.78, 5) is 2.55. The normalized spacial score (nSPS) is 32.0. The Hall–Kier alpha value is -0.900. The van der Waals surface area contributed by atoms with Crippen molar-refractivity contribution in [3.63, 3.8) is 0 Å². The number of ether oxygens (including phenoxy) is 1. The molecule has 1 heterocycles. The summed E-state index contributed by atoms with van der Waals surface area (Å²) in [6, 6.07) is 9.28.